The molecule has 1 fully saturated rings. The maximum atomic E-state index is 13.0. The summed E-state index contributed by atoms with van der Waals surface area (Å²) in [7, 11) is 0. The highest BCUT2D eigenvalue weighted by atomic mass is 35.5. The normalized spacial score (nSPS) is 29.6. The second kappa shape index (κ2) is 10.2. The number of halogens is 2. The third-order valence-corrected chi connectivity index (χ3v) is 9.04. The first-order valence-corrected chi connectivity index (χ1v) is 13.6. The van der Waals surface area contributed by atoms with Gasteiger partial charge in [0.25, 0.3) is 0 Å². The van der Waals surface area contributed by atoms with E-state index in [0.29, 0.717) is 12.2 Å². The van der Waals surface area contributed by atoms with Gasteiger partial charge in [0.05, 0.1) is 17.8 Å². The molecule has 0 saturated carbocycles. The van der Waals surface area contributed by atoms with Crippen molar-refractivity contribution >= 4 is 29.1 Å². The minimum atomic E-state index is -0.337. The van der Waals surface area contributed by atoms with Crippen LogP contribution in [0.5, 0.6) is 11.5 Å². The van der Waals surface area contributed by atoms with Gasteiger partial charge in [0.2, 0.25) is 12.7 Å². The van der Waals surface area contributed by atoms with Crippen molar-refractivity contribution in [2.24, 2.45) is 5.92 Å². The highest BCUT2D eigenvalue weighted by Crippen LogP contribution is 2.45. The Labute approximate surface area is 223 Å². The average molecular weight is 530 g/mol. The zero-order chi connectivity index (χ0) is 25.4. The number of allylic oxidation sites excluding steroid dienone is 2. The van der Waals surface area contributed by atoms with Crippen LogP contribution in [0, 0.1) is 12.8 Å². The summed E-state index contributed by atoms with van der Waals surface area (Å²) >= 11 is 13.8. The largest absolute Gasteiger partial charge is 0.454 e. The number of aryl methyl sites for hydroxylation is 1. The molecular weight excluding hydrogens is 495 g/mol. The predicted molar refractivity (Wildman–Crippen MR) is 144 cm³/mol. The van der Waals surface area contributed by atoms with Crippen LogP contribution in [0.25, 0.3) is 0 Å². The Morgan fingerprint density at radius 2 is 1.92 bits per heavy atom. The maximum Gasteiger partial charge on any atom is 0.231 e. The van der Waals surface area contributed by atoms with Crippen LogP contribution < -0.4 is 14.8 Å². The first-order chi connectivity index (χ1) is 17.2. The van der Waals surface area contributed by atoms with Crippen molar-refractivity contribution < 1.29 is 14.3 Å². The number of hydrogen-bond donors (Lipinski definition) is 1. The average Bonchev–Trinajstić information content (AvgIpc) is 3.31. The molecule has 2 aromatic carbocycles. The van der Waals surface area contributed by atoms with Crippen LogP contribution in [-0.4, -0.2) is 40.4 Å². The standard InChI is InChI=1S/C29H34Cl2N2O3/c1-18-4-7-21(8-5-18)24-16-22(11-13-33(24)23-10-12-29(3,31)19(2)28(23)30)32-27(34)15-20-6-9-25-26(14-20)36-17-35-25/h4-10,14,19,22,24,28H,11-13,15-17H2,1-3H3,(H,32,34). The van der Waals surface area contributed by atoms with Crippen LogP contribution in [-0.2, 0) is 11.2 Å². The van der Waals surface area contributed by atoms with Crippen LogP contribution in [0.4, 0.5) is 0 Å². The van der Waals surface area contributed by atoms with Crippen LogP contribution >= 0.6 is 23.2 Å². The molecule has 5 unspecified atom stereocenters. The summed E-state index contributed by atoms with van der Waals surface area (Å²) in [5, 5.41) is 3.14. The molecule has 192 valence electrons. The van der Waals surface area contributed by atoms with E-state index in [1.54, 1.807) is 0 Å². The molecule has 5 atom stereocenters. The number of hydrogen-bond acceptors (Lipinski definition) is 4. The molecule has 1 aliphatic carbocycles. The summed E-state index contributed by atoms with van der Waals surface area (Å²) in [5.74, 6) is 1.60. The van der Waals surface area contributed by atoms with Gasteiger partial charge in [-0.2, -0.15) is 0 Å². The van der Waals surface area contributed by atoms with E-state index in [2.05, 4.69) is 61.3 Å². The highest BCUT2D eigenvalue weighted by molar-refractivity contribution is 6.27. The lowest BCUT2D eigenvalue weighted by Gasteiger charge is -2.47. The second-order valence-corrected chi connectivity index (χ2v) is 11.9. The lowest BCUT2D eigenvalue weighted by molar-refractivity contribution is -0.121. The van der Waals surface area contributed by atoms with Crippen molar-refractivity contribution in [1.82, 2.24) is 10.2 Å². The van der Waals surface area contributed by atoms with Crippen molar-refractivity contribution in [1.29, 1.82) is 0 Å². The molecular formula is C29H34Cl2N2O3. The van der Waals surface area contributed by atoms with Crippen molar-refractivity contribution in [3.05, 3.63) is 70.9 Å². The minimum absolute atomic E-state index is 0.0219. The fourth-order valence-corrected chi connectivity index (χ4v) is 6.22. The Bertz CT molecular complexity index is 1150. The van der Waals surface area contributed by atoms with Crippen LogP contribution in [0.3, 0.4) is 0 Å². The molecule has 3 aliphatic rings. The number of amides is 1. The highest BCUT2D eigenvalue weighted by Gasteiger charge is 2.42. The topological polar surface area (TPSA) is 50.8 Å². The van der Waals surface area contributed by atoms with Gasteiger partial charge in [-0.15, -0.1) is 23.2 Å². The van der Waals surface area contributed by atoms with Gasteiger partial charge in [0.15, 0.2) is 11.5 Å². The van der Waals surface area contributed by atoms with E-state index in [1.165, 1.54) is 11.1 Å². The van der Waals surface area contributed by atoms with E-state index in [1.807, 2.05) is 18.2 Å². The van der Waals surface area contributed by atoms with Crippen LogP contribution in [0.1, 0.15) is 55.8 Å². The lowest BCUT2D eigenvalue weighted by Crippen LogP contribution is -2.49. The van der Waals surface area contributed by atoms with Gasteiger partial charge in [0.1, 0.15) is 0 Å². The monoisotopic (exact) mass is 528 g/mol. The number of likely N-dealkylation sites (tertiary alicyclic amines) is 1. The van der Waals surface area contributed by atoms with E-state index in [-0.39, 0.29) is 41.0 Å². The number of nitrogens with one attached hydrogen (secondary N) is 1. The van der Waals surface area contributed by atoms with Gasteiger partial charge < -0.3 is 19.7 Å². The SMILES string of the molecule is Cc1ccc(C2CC(NC(=O)Cc3ccc4c(c3)OCO4)CCN2C2=CCC(C)(Cl)C(C)C2Cl)cc1. The van der Waals surface area contributed by atoms with Gasteiger partial charge in [0, 0.05) is 23.2 Å². The number of alkyl halides is 2. The number of rotatable bonds is 5. The molecule has 2 aliphatic heterocycles. The first kappa shape index (κ1) is 25.3. The number of ether oxygens (including phenoxy) is 2. The van der Waals surface area contributed by atoms with Crippen molar-refractivity contribution in [3.63, 3.8) is 0 Å². The number of piperidine rings is 1. The lowest BCUT2D eigenvalue weighted by atomic mass is 9.81. The molecule has 0 bridgehead atoms. The predicted octanol–water partition coefficient (Wildman–Crippen LogP) is 6.12. The van der Waals surface area contributed by atoms with Gasteiger partial charge in [-0.05, 0) is 62.3 Å². The zero-order valence-electron chi connectivity index (χ0n) is 21.1. The number of fused-ring (bicyclic) bond motifs is 1. The fourth-order valence-electron chi connectivity index (χ4n) is 5.46. The Balaban J connectivity index is 1.32. The summed E-state index contributed by atoms with van der Waals surface area (Å²) in [6, 6.07) is 14.6. The zero-order valence-corrected chi connectivity index (χ0v) is 22.6. The summed E-state index contributed by atoms with van der Waals surface area (Å²) in [5.41, 5.74) is 4.55. The molecule has 0 spiro atoms. The summed E-state index contributed by atoms with van der Waals surface area (Å²) in [6.07, 6.45) is 5.02. The third-order valence-electron chi connectivity index (χ3n) is 7.94. The minimum Gasteiger partial charge on any atom is -0.454 e. The van der Waals surface area contributed by atoms with Crippen LogP contribution in [0.2, 0.25) is 0 Å². The van der Waals surface area contributed by atoms with E-state index in [9.17, 15) is 4.79 Å². The molecule has 5 nitrogen and oxygen atoms in total. The van der Waals surface area contributed by atoms with Crippen molar-refractivity contribution in [2.75, 3.05) is 13.3 Å². The number of carbonyl (C=O) groups is 1. The van der Waals surface area contributed by atoms with E-state index in [0.717, 1.165) is 42.8 Å². The molecule has 0 radical (unpaired) electrons. The van der Waals surface area contributed by atoms with Gasteiger partial charge in [-0.3, -0.25) is 4.79 Å². The van der Waals surface area contributed by atoms with E-state index in [4.69, 9.17) is 32.7 Å². The Morgan fingerprint density at radius 1 is 1.17 bits per heavy atom. The molecule has 1 amide bonds. The third kappa shape index (κ3) is 5.19. The van der Waals surface area contributed by atoms with Gasteiger partial charge >= 0.3 is 0 Å². The molecule has 2 aromatic rings. The quantitative estimate of drug-likeness (QED) is 0.475. The molecule has 36 heavy (non-hydrogen) atoms. The summed E-state index contributed by atoms with van der Waals surface area (Å²) in [6.45, 7) is 7.37. The second-order valence-electron chi connectivity index (χ2n) is 10.6. The first-order valence-electron chi connectivity index (χ1n) is 12.8. The summed E-state index contributed by atoms with van der Waals surface area (Å²) in [4.78, 5) is 15.1. The van der Waals surface area contributed by atoms with Crippen LogP contribution in [0.15, 0.2) is 54.2 Å². The molecule has 1 saturated heterocycles. The fraction of sp³-hybridized carbons (Fsp3) is 0.483. The van der Waals surface area contributed by atoms with Gasteiger partial charge in [-0.1, -0.05) is 48.9 Å². The van der Waals surface area contributed by atoms with Crippen molar-refractivity contribution in [3.8, 4) is 11.5 Å². The Kier molecular flexibility index (Phi) is 7.15. The smallest absolute Gasteiger partial charge is 0.231 e. The molecule has 7 heteroatoms. The number of nitrogens with zero attached hydrogens (tertiary/aromatic N) is 1. The summed E-state index contributed by atoms with van der Waals surface area (Å²) < 4.78 is 10.8. The maximum absolute atomic E-state index is 13.0. The Morgan fingerprint density at radius 3 is 2.69 bits per heavy atom. The Hall–Kier alpha value is -2.37. The van der Waals surface area contributed by atoms with Crippen molar-refractivity contribution in [2.45, 2.75) is 68.8 Å². The molecule has 0 aromatic heterocycles. The number of carbonyl (C=O) groups excluding carboxylic acids is 1. The number of benzene rings is 2. The molecule has 1 N–H and O–H groups in total. The molecule has 5 rings (SSSR count). The van der Waals surface area contributed by atoms with E-state index >= 15 is 0 Å². The molecule has 2 heterocycles. The van der Waals surface area contributed by atoms with Gasteiger partial charge in [-0.25, -0.2) is 0 Å². The van der Waals surface area contributed by atoms with E-state index < -0.39 is 0 Å².